The van der Waals surface area contributed by atoms with E-state index in [4.69, 9.17) is 0 Å². The normalized spacial score (nSPS) is 17.7. The minimum atomic E-state index is -4.47. The van der Waals surface area contributed by atoms with Gasteiger partial charge in [0.25, 0.3) is 5.91 Å². The lowest BCUT2D eigenvalue weighted by Gasteiger charge is -2.32. The number of aryl methyl sites for hydroxylation is 1. The van der Waals surface area contributed by atoms with Crippen LogP contribution < -0.4 is 5.32 Å². The first-order chi connectivity index (χ1) is 13.8. The zero-order chi connectivity index (χ0) is 20.8. The van der Waals surface area contributed by atoms with E-state index in [1.807, 2.05) is 6.92 Å². The highest BCUT2D eigenvalue weighted by Crippen LogP contribution is 2.33. The highest BCUT2D eigenvalue weighted by molar-refractivity contribution is 7.17. The van der Waals surface area contributed by atoms with Crippen molar-refractivity contribution in [2.75, 3.05) is 25.5 Å². The van der Waals surface area contributed by atoms with Crippen molar-refractivity contribution in [2.45, 2.75) is 31.9 Å². The van der Waals surface area contributed by atoms with Crippen molar-refractivity contribution >= 4 is 33.4 Å². The van der Waals surface area contributed by atoms with Crippen LogP contribution in [0, 0.1) is 6.92 Å². The molecule has 1 atom stereocenters. The molecule has 154 valence electrons. The lowest BCUT2D eigenvalue weighted by atomic mass is 9.94. The second kappa shape index (κ2) is 7.33. The fraction of sp³-hybridized carbons (Fsp3) is 0.421. The zero-order valence-electron chi connectivity index (χ0n) is 15.9. The molecule has 4 rings (SSSR count). The largest absolute Gasteiger partial charge is 0.433 e. The highest BCUT2D eigenvalue weighted by Gasteiger charge is 2.33. The molecule has 2 N–H and O–H groups in total. The van der Waals surface area contributed by atoms with Crippen molar-refractivity contribution in [1.29, 1.82) is 0 Å². The Kier molecular flexibility index (Phi) is 4.97. The van der Waals surface area contributed by atoms with Gasteiger partial charge in [0.05, 0.1) is 16.7 Å². The summed E-state index contributed by atoms with van der Waals surface area (Å²) in [4.78, 5) is 26.6. The van der Waals surface area contributed by atoms with Crippen LogP contribution in [0.15, 0.2) is 18.2 Å². The Hall–Kier alpha value is -2.62. The van der Waals surface area contributed by atoms with Gasteiger partial charge in [-0.15, -0.1) is 0 Å². The van der Waals surface area contributed by atoms with E-state index >= 15 is 0 Å². The Morgan fingerprint density at radius 1 is 1.34 bits per heavy atom. The van der Waals surface area contributed by atoms with Gasteiger partial charge >= 0.3 is 6.18 Å². The van der Waals surface area contributed by atoms with Gasteiger partial charge in [0.2, 0.25) is 0 Å². The molecule has 0 saturated carbocycles. The molecule has 0 aromatic carbocycles. The second-order valence-electron chi connectivity index (χ2n) is 7.13. The van der Waals surface area contributed by atoms with Crippen molar-refractivity contribution in [3.63, 3.8) is 0 Å². The number of piperidine rings is 1. The molecule has 6 nitrogen and oxygen atoms in total. The third-order valence-corrected chi connectivity index (χ3v) is 6.30. The van der Waals surface area contributed by atoms with Gasteiger partial charge in [-0.2, -0.15) is 13.2 Å². The lowest BCUT2D eigenvalue weighted by molar-refractivity contribution is -0.140. The topological polar surface area (TPSA) is 73.9 Å². The first-order valence-corrected chi connectivity index (χ1v) is 10.1. The van der Waals surface area contributed by atoms with Crippen LogP contribution in [0.1, 0.15) is 45.5 Å². The number of carbonyl (C=O) groups is 1. The fourth-order valence-electron chi connectivity index (χ4n) is 3.67. The number of alkyl halides is 3. The molecule has 0 bridgehead atoms. The molecule has 1 aliphatic rings. The van der Waals surface area contributed by atoms with Gasteiger partial charge in [-0.05, 0) is 38.0 Å². The number of fused-ring (bicyclic) bond motifs is 1. The number of amides is 1. The van der Waals surface area contributed by atoms with Crippen LogP contribution in [-0.2, 0) is 6.18 Å². The molecule has 1 saturated heterocycles. The Morgan fingerprint density at radius 2 is 2.14 bits per heavy atom. The number of anilines is 1. The summed E-state index contributed by atoms with van der Waals surface area (Å²) >= 11 is 1.33. The number of nitrogens with zero attached hydrogens (tertiary/aromatic N) is 3. The van der Waals surface area contributed by atoms with E-state index in [0.29, 0.717) is 34.3 Å². The number of likely N-dealkylation sites (tertiary alicyclic amines) is 1. The number of aromatic amines is 1. The molecule has 3 aromatic heterocycles. The molecule has 1 amide bonds. The molecule has 3 aromatic rings. The first kappa shape index (κ1) is 19.7. The SMILES string of the molecule is CNc1nc(C)c(C(=O)N2CCCC(c3cc4nc(C(F)(F)F)ccc4[nH]3)C2)s1. The average Bonchev–Trinajstić information content (AvgIpc) is 3.29. The predicted molar refractivity (Wildman–Crippen MR) is 105 cm³/mol. The molecule has 1 unspecified atom stereocenters. The minimum absolute atomic E-state index is 0.0215. The van der Waals surface area contributed by atoms with Crippen molar-refractivity contribution in [3.05, 3.63) is 40.2 Å². The zero-order valence-corrected chi connectivity index (χ0v) is 16.7. The molecule has 1 fully saturated rings. The number of hydrogen-bond acceptors (Lipinski definition) is 5. The Bertz CT molecular complexity index is 1060. The van der Waals surface area contributed by atoms with Crippen molar-refractivity contribution < 1.29 is 18.0 Å². The maximum absolute atomic E-state index is 13.0. The van der Waals surface area contributed by atoms with Gasteiger partial charge in [-0.3, -0.25) is 4.79 Å². The fourth-order valence-corrected chi connectivity index (χ4v) is 4.56. The van der Waals surface area contributed by atoms with E-state index in [2.05, 4.69) is 20.3 Å². The summed E-state index contributed by atoms with van der Waals surface area (Å²) in [7, 11) is 1.76. The first-order valence-electron chi connectivity index (χ1n) is 9.27. The number of halogens is 3. The molecule has 1 aliphatic heterocycles. The number of rotatable bonds is 3. The van der Waals surface area contributed by atoms with Crippen molar-refractivity contribution in [3.8, 4) is 0 Å². The maximum Gasteiger partial charge on any atom is 0.433 e. The van der Waals surface area contributed by atoms with Gasteiger partial charge in [-0.1, -0.05) is 11.3 Å². The van der Waals surface area contributed by atoms with E-state index in [1.54, 1.807) is 18.0 Å². The quantitative estimate of drug-likeness (QED) is 0.655. The summed E-state index contributed by atoms with van der Waals surface area (Å²) in [5, 5.41) is 3.65. The second-order valence-corrected chi connectivity index (χ2v) is 8.12. The van der Waals surface area contributed by atoms with Gasteiger partial charge < -0.3 is 15.2 Å². The Balaban J connectivity index is 1.56. The number of nitrogens with one attached hydrogen (secondary N) is 2. The summed E-state index contributed by atoms with van der Waals surface area (Å²) in [6.45, 7) is 2.97. The summed E-state index contributed by atoms with van der Waals surface area (Å²) in [6.07, 6.45) is -2.80. The van der Waals surface area contributed by atoms with Gasteiger partial charge in [0.1, 0.15) is 10.6 Å². The number of thiazole rings is 1. The third kappa shape index (κ3) is 3.81. The van der Waals surface area contributed by atoms with Gasteiger partial charge in [0.15, 0.2) is 5.13 Å². The maximum atomic E-state index is 13.0. The number of hydrogen-bond donors (Lipinski definition) is 2. The highest BCUT2D eigenvalue weighted by atomic mass is 32.1. The van der Waals surface area contributed by atoms with Crippen LogP contribution in [0.3, 0.4) is 0 Å². The number of pyridine rings is 1. The smallest absolute Gasteiger partial charge is 0.365 e. The van der Waals surface area contributed by atoms with E-state index in [1.165, 1.54) is 17.4 Å². The van der Waals surface area contributed by atoms with Gasteiger partial charge in [-0.25, -0.2) is 9.97 Å². The van der Waals surface area contributed by atoms with Crippen LogP contribution in [0.2, 0.25) is 0 Å². The van der Waals surface area contributed by atoms with Crippen LogP contribution in [0.5, 0.6) is 0 Å². The molecular formula is C19H20F3N5OS. The van der Waals surface area contributed by atoms with Crippen LogP contribution >= 0.6 is 11.3 Å². The molecule has 0 radical (unpaired) electrons. The predicted octanol–water partition coefficient (Wildman–Crippen LogP) is 4.41. The average molecular weight is 423 g/mol. The monoisotopic (exact) mass is 423 g/mol. The third-order valence-electron chi connectivity index (χ3n) is 5.14. The molecule has 29 heavy (non-hydrogen) atoms. The van der Waals surface area contributed by atoms with Gasteiger partial charge in [0, 0.05) is 31.7 Å². The van der Waals surface area contributed by atoms with Crippen LogP contribution in [-0.4, -0.2) is 45.9 Å². The number of carbonyl (C=O) groups excluding carboxylic acids is 1. The number of aromatic nitrogens is 3. The number of H-pyrrole nitrogens is 1. The van der Waals surface area contributed by atoms with Crippen LogP contribution in [0.25, 0.3) is 11.0 Å². The molecule has 0 spiro atoms. The Morgan fingerprint density at radius 3 is 2.83 bits per heavy atom. The molecule has 10 heteroatoms. The molecule has 4 heterocycles. The van der Waals surface area contributed by atoms with Crippen molar-refractivity contribution in [1.82, 2.24) is 19.9 Å². The van der Waals surface area contributed by atoms with E-state index in [0.717, 1.165) is 24.6 Å². The Labute approximate surface area is 169 Å². The van der Waals surface area contributed by atoms with Crippen molar-refractivity contribution in [2.24, 2.45) is 0 Å². The van der Waals surface area contributed by atoms with E-state index in [9.17, 15) is 18.0 Å². The van der Waals surface area contributed by atoms with E-state index in [-0.39, 0.29) is 17.3 Å². The molecular weight excluding hydrogens is 403 g/mol. The van der Waals surface area contributed by atoms with E-state index < -0.39 is 11.9 Å². The minimum Gasteiger partial charge on any atom is -0.365 e. The standard InChI is InChI=1S/C19H20F3N5OS/c1-10-16(29-18(23-2)24-10)17(28)27-7-3-4-11(9-27)13-8-14-12(25-13)5-6-15(26-14)19(20,21)22/h5-6,8,11,25H,3-4,7,9H2,1-2H3,(H,23,24). The summed E-state index contributed by atoms with van der Waals surface area (Å²) < 4.78 is 38.7. The summed E-state index contributed by atoms with van der Waals surface area (Å²) in [6, 6.07) is 4.05. The molecule has 0 aliphatic carbocycles. The summed E-state index contributed by atoms with van der Waals surface area (Å²) in [5.74, 6) is -0.0342. The van der Waals surface area contributed by atoms with Crippen LogP contribution in [0.4, 0.5) is 18.3 Å². The summed E-state index contributed by atoms with van der Waals surface area (Å²) in [5.41, 5.74) is 1.45. The lowest BCUT2D eigenvalue weighted by Crippen LogP contribution is -2.39.